The Morgan fingerprint density at radius 1 is 1.39 bits per heavy atom. The Morgan fingerprint density at radius 3 is 2.72 bits per heavy atom. The van der Waals surface area contributed by atoms with Gasteiger partial charge in [-0.2, -0.15) is 0 Å². The molecule has 1 aromatic rings. The Labute approximate surface area is 110 Å². The Morgan fingerprint density at radius 2 is 2.11 bits per heavy atom. The van der Waals surface area contributed by atoms with E-state index in [4.69, 9.17) is 0 Å². The third-order valence-corrected chi connectivity index (χ3v) is 3.58. The van der Waals surface area contributed by atoms with Gasteiger partial charge in [-0.1, -0.05) is 6.92 Å². The minimum Gasteiger partial charge on any atom is -0.353 e. The smallest absolute Gasteiger partial charge is 0.203 e. The summed E-state index contributed by atoms with van der Waals surface area (Å²) in [5.74, 6) is 1.03. The first-order valence-electron chi connectivity index (χ1n) is 7.22. The predicted octanol–water partition coefficient (Wildman–Crippen LogP) is 2.75. The highest BCUT2D eigenvalue weighted by Crippen LogP contribution is 2.25. The number of nitrogens with one attached hydrogen (secondary N) is 1. The lowest BCUT2D eigenvalue weighted by Gasteiger charge is -2.33. The maximum Gasteiger partial charge on any atom is 0.203 e. The molecule has 0 bridgehead atoms. The van der Waals surface area contributed by atoms with Gasteiger partial charge in [0.1, 0.15) is 0 Å². The molecule has 4 heteroatoms. The van der Waals surface area contributed by atoms with Crippen molar-refractivity contribution >= 4 is 5.95 Å². The molecule has 1 aliphatic heterocycles. The lowest BCUT2D eigenvalue weighted by atomic mass is 10.0. The average Bonchev–Trinajstić information content (AvgIpc) is 2.78. The van der Waals surface area contributed by atoms with Crippen molar-refractivity contribution in [3.8, 4) is 0 Å². The third-order valence-electron chi connectivity index (χ3n) is 3.58. The fourth-order valence-electron chi connectivity index (χ4n) is 2.72. The predicted molar refractivity (Wildman–Crippen MR) is 76.0 cm³/mol. The van der Waals surface area contributed by atoms with Gasteiger partial charge >= 0.3 is 0 Å². The van der Waals surface area contributed by atoms with Crippen LogP contribution in [0.2, 0.25) is 0 Å². The summed E-state index contributed by atoms with van der Waals surface area (Å²) in [5, 5.41) is 3.43. The van der Waals surface area contributed by atoms with Gasteiger partial charge in [-0.05, 0) is 39.7 Å². The molecule has 102 valence electrons. The Bertz CT molecular complexity index is 350. The van der Waals surface area contributed by atoms with Gasteiger partial charge in [0.05, 0.1) is 0 Å². The molecule has 0 spiro atoms. The van der Waals surface area contributed by atoms with Crippen LogP contribution in [0.25, 0.3) is 0 Å². The quantitative estimate of drug-likeness (QED) is 0.872. The summed E-state index contributed by atoms with van der Waals surface area (Å²) in [7, 11) is 0. The summed E-state index contributed by atoms with van der Waals surface area (Å²) in [6.07, 6.45) is 7.76. The highest BCUT2D eigenvalue weighted by molar-refractivity contribution is 5.27. The number of anilines is 1. The van der Waals surface area contributed by atoms with Crippen molar-refractivity contribution in [1.82, 2.24) is 14.5 Å². The van der Waals surface area contributed by atoms with Gasteiger partial charge in [0.25, 0.3) is 0 Å². The van der Waals surface area contributed by atoms with E-state index >= 15 is 0 Å². The average molecular weight is 250 g/mol. The third kappa shape index (κ3) is 3.25. The van der Waals surface area contributed by atoms with Gasteiger partial charge < -0.3 is 14.8 Å². The van der Waals surface area contributed by atoms with Gasteiger partial charge in [-0.3, -0.25) is 0 Å². The van der Waals surface area contributed by atoms with Crippen LogP contribution >= 0.6 is 0 Å². The Kier molecular flexibility index (Phi) is 4.64. The van der Waals surface area contributed by atoms with Crippen molar-refractivity contribution in [3.63, 3.8) is 0 Å². The van der Waals surface area contributed by atoms with E-state index in [2.05, 4.69) is 46.7 Å². The summed E-state index contributed by atoms with van der Waals surface area (Å²) in [6, 6.07) is 1.05. The summed E-state index contributed by atoms with van der Waals surface area (Å²) >= 11 is 0. The molecule has 0 saturated carbocycles. The molecule has 0 radical (unpaired) electrons. The molecular formula is C14H26N4. The molecule has 0 aliphatic carbocycles. The van der Waals surface area contributed by atoms with E-state index in [1.165, 1.54) is 38.9 Å². The lowest BCUT2D eigenvalue weighted by molar-refractivity contribution is 0.187. The molecule has 0 amide bonds. The number of likely N-dealkylation sites (tertiary alicyclic amines) is 1. The van der Waals surface area contributed by atoms with Crippen LogP contribution in [0.1, 0.15) is 46.1 Å². The second-order valence-corrected chi connectivity index (χ2v) is 5.53. The van der Waals surface area contributed by atoms with E-state index in [1.54, 1.807) is 0 Å². The molecule has 2 rings (SSSR count). The summed E-state index contributed by atoms with van der Waals surface area (Å²) in [4.78, 5) is 7.00. The molecule has 1 N–H and O–H groups in total. The SMILES string of the molecule is CCCN1CCC(n2ccnc2NC(C)C)CC1. The van der Waals surface area contributed by atoms with Crippen molar-refractivity contribution in [2.45, 2.75) is 52.1 Å². The number of hydrogen-bond acceptors (Lipinski definition) is 3. The maximum absolute atomic E-state index is 4.43. The minimum absolute atomic E-state index is 0.436. The minimum atomic E-state index is 0.436. The first-order chi connectivity index (χ1) is 8.70. The van der Waals surface area contributed by atoms with Crippen LogP contribution < -0.4 is 5.32 Å². The molecule has 1 fully saturated rings. The fourth-order valence-corrected chi connectivity index (χ4v) is 2.72. The highest BCUT2D eigenvalue weighted by atomic mass is 15.2. The second-order valence-electron chi connectivity index (χ2n) is 5.53. The molecule has 1 aromatic heterocycles. The van der Waals surface area contributed by atoms with Gasteiger partial charge in [-0.25, -0.2) is 4.98 Å². The van der Waals surface area contributed by atoms with Gasteiger partial charge in [0.15, 0.2) is 0 Å². The zero-order valence-electron chi connectivity index (χ0n) is 11.9. The van der Waals surface area contributed by atoms with Crippen LogP contribution in [0, 0.1) is 0 Å². The van der Waals surface area contributed by atoms with Crippen LogP contribution in [0.3, 0.4) is 0 Å². The molecule has 4 nitrogen and oxygen atoms in total. The van der Waals surface area contributed by atoms with Crippen LogP contribution in [-0.4, -0.2) is 40.1 Å². The van der Waals surface area contributed by atoms with Gasteiger partial charge in [0.2, 0.25) is 5.95 Å². The van der Waals surface area contributed by atoms with Gasteiger partial charge in [-0.15, -0.1) is 0 Å². The zero-order valence-corrected chi connectivity index (χ0v) is 11.9. The van der Waals surface area contributed by atoms with Crippen LogP contribution in [0.4, 0.5) is 5.95 Å². The van der Waals surface area contributed by atoms with Crippen molar-refractivity contribution in [3.05, 3.63) is 12.4 Å². The van der Waals surface area contributed by atoms with E-state index in [9.17, 15) is 0 Å². The fraction of sp³-hybridized carbons (Fsp3) is 0.786. The normalized spacial score (nSPS) is 18.4. The molecule has 0 atom stereocenters. The standard InChI is InChI=1S/C14H26N4/c1-4-8-17-9-5-13(6-10-17)18-11-7-15-14(18)16-12(2)3/h7,11-13H,4-6,8-10H2,1-3H3,(H,15,16). The number of imidazole rings is 1. The molecule has 1 aliphatic rings. The Balaban J connectivity index is 1.95. The molecule has 1 saturated heterocycles. The molecule has 0 aromatic carbocycles. The van der Waals surface area contributed by atoms with E-state index in [0.717, 1.165) is 5.95 Å². The first kappa shape index (κ1) is 13.4. The van der Waals surface area contributed by atoms with Crippen molar-refractivity contribution < 1.29 is 0 Å². The summed E-state index contributed by atoms with van der Waals surface area (Å²) in [6.45, 7) is 10.3. The molecule has 18 heavy (non-hydrogen) atoms. The van der Waals surface area contributed by atoms with Crippen molar-refractivity contribution in [1.29, 1.82) is 0 Å². The Hall–Kier alpha value is -1.03. The van der Waals surface area contributed by atoms with Crippen LogP contribution in [0.15, 0.2) is 12.4 Å². The number of hydrogen-bond donors (Lipinski definition) is 1. The molecule has 0 unspecified atom stereocenters. The number of rotatable bonds is 5. The van der Waals surface area contributed by atoms with E-state index in [-0.39, 0.29) is 0 Å². The van der Waals surface area contributed by atoms with Crippen LogP contribution in [-0.2, 0) is 0 Å². The van der Waals surface area contributed by atoms with E-state index in [1.807, 2.05) is 6.20 Å². The first-order valence-corrected chi connectivity index (χ1v) is 7.22. The molecule has 2 heterocycles. The van der Waals surface area contributed by atoms with E-state index < -0.39 is 0 Å². The van der Waals surface area contributed by atoms with Crippen molar-refractivity contribution in [2.24, 2.45) is 0 Å². The number of piperidine rings is 1. The summed E-state index contributed by atoms with van der Waals surface area (Å²) < 4.78 is 2.32. The topological polar surface area (TPSA) is 33.1 Å². The van der Waals surface area contributed by atoms with E-state index in [0.29, 0.717) is 12.1 Å². The highest BCUT2D eigenvalue weighted by Gasteiger charge is 2.21. The second kappa shape index (κ2) is 6.23. The zero-order chi connectivity index (χ0) is 13.0. The monoisotopic (exact) mass is 250 g/mol. The van der Waals surface area contributed by atoms with Crippen LogP contribution in [0.5, 0.6) is 0 Å². The lowest BCUT2D eigenvalue weighted by Crippen LogP contribution is -2.35. The largest absolute Gasteiger partial charge is 0.353 e. The number of nitrogens with zero attached hydrogens (tertiary/aromatic N) is 3. The summed E-state index contributed by atoms with van der Waals surface area (Å²) in [5.41, 5.74) is 0. The maximum atomic E-state index is 4.43. The van der Waals surface area contributed by atoms with Crippen molar-refractivity contribution in [2.75, 3.05) is 25.0 Å². The van der Waals surface area contributed by atoms with Gasteiger partial charge in [0, 0.05) is 37.6 Å². The number of aromatic nitrogens is 2. The molecular weight excluding hydrogens is 224 g/mol.